The summed E-state index contributed by atoms with van der Waals surface area (Å²) in [4.78, 5) is 26.2. The third-order valence-electron chi connectivity index (χ3n) is 3.19. The molecule has 0 aliphatic carbocycles. The first kappa shape index (κ1) is 16.2. The lowest BCUT2D eigenvalue weighted by atomic mass is 10.0. The Morgan fingerprint density at radius 3 is 2.74 bits per heavy atom. The Kier molecular flexibility index (Phi) is 4.75. The van der Waals surface area contributed by atoms with Gasteiger partial charge in [0.2, 0.25) is 0 Å². The fourth-order valence-electron chi connectivity index (χ4n) is 2.05. The van der Waals surface area contributed by atoms with Crippen LogP contribution in [0.25, 0.3) is 0 Å². The Hall–Kier alpha value is -3.16. The van der Waals surface area contributed by atoms with Crippen LogP contribution in [0.3, 0.4) is 0 Å². The van der Waals surface area contributed by atoms with Crippen molar-refractivity contribution in [2.45, 2.75) is 13.0 Å². The Labute approximate surface area is 132 Å². The second kappa shape index (κ2) is 6.73. The highest BCUT2D eigenvalue weighted by Gasteiger charge is 2.22. The van der Waals surface area contributed by atoms with Gasteiger partial charge in [-0.1, -0.05) is 0 Å². The van der Waals surface area contributed by atoms with Crippen molar-refractivity contribution in [1.82, 2.24) is 4.98 Å². The number of rotatable bonds is 5. The number of hydrogen-bond donors (Lipinski definition) is 1. The minimum Gasteiger partial charge on any atom is -0.482 e. The standard InChI is InChI=1S/C15H15N3O5/c1-9(23-13-4-3-7-17-14(13)16)12-8-10(18(20)21)5-6-11(12)15(19)22-2/h3-9H,1-2H3,(H2,16,17). The molecule has 1 heterocycles. The van der Waals surface area contributed by atoms with E-state index in [4.69, 9.17) is 15.2 Å². The molecule has 2 aromatic rings. The topological polar surface area (TPSA) is 118 Å². The van der Waals surface area contributed by atoms with E-state index in [1.54, 1.807) is 19.1 Å². The van der Waals surface area contributed by atoms with Gasteiger partial charge in [0.05, 0.1) is 17.6 Å². The van der Waals surface area contributed by atoms with E-state index in [0.717, 1.165) is 0 Å². The van der Waals surface area contributed by atoms with E-state index in [1.165, 1.54) is 31.5 Å². The number of non-ortho nitro benzene ring substituents is 1. The smallest absolute Gasteiger partial charge is 0.338 e. The van der Waals surface area contributed by atoms with Crippen molar-refractivity contribution >= 4 is 17.5 Å². The number of benzene rings is 1. The molecule has 0 radical (unpaired) electrons. The molecule has 0 spiro atoms. The molecule has 0 saturated heterocycles. The number of nitrogens with zero attached hydrogens (tertiary/aromatic N) is 2. The summed E-state index contributed by atoms with van der Waals surface area (Å²) >= 11 is 0. The highest BCUT2D eigenvalue weighted by atomic mass is 16.6. The minimum atomic E-state index is -0.671. The third kappa shape index (κ3) is 3.54. The zero-order chi connectivity index (χ0) is 17.0. The van der Waals surface area contributed by atoms with Crippen LogP contribution < -0.4 is 10.5 Å². The molecular weight excluding hydrogens is 302 g/mol. The molecule has 0 saturated carbocycles. The number of ether oxygens (including phenoxy) is 2. The summed E-state index contributed by atoms with van der Waals surface area (Å²) < 4.78 is 10.4. The van der Waals surface area contributed by atoms with Crippen LogP contribution in [0.2, 0.25) is 0 Å². The number of anilines is 1. The highest BCUT2D eigenvalue weighted by molar-refractivity contribution is 5.91. The van der Waals surface area contributed by atoms with E-state index in [-0.39, 0.29) is 17.1 Å². The molecule has 1 unspecified atom stereocenters. The van der Waals surface area contributed by atoms with Crippen LogP contribution in [-0.2, 0) is 4.74 Å². The van der Waals surface area contributed by atoms with Crippen molar-refractivity contribution < 1.29 is 19.2 Å². The van der Waals surface area contributed by atoms with Crippen LogP contribution in [0.5, 0.6) is 5.75 Å². The van der Waals surface area contributed by atoms with E-state index >= 15 is 0 Å². The van der Waals surface area contributed by atoms with Gasteiger partial charge >= 0.3 is 5.97 Å². The second-order valence-electron chi connectivity index (χ2n) is 4.67. The molecule has 1 atom stereocenters. The molecule has 0 aliphatic heterocycles. The average molecular weight is 317 g/mol. The van der Waals surface area contributed by atoms with Gasteiger partial charge in [0.25, 0.3) is 5.69 Å². The molecule has 0 aliphatic rings. The van der Waals surface area contributed by atoms with Crippen LogP contribution >= 0.6 is 0 Å². The number of pyridine rings is 1. The summed E-state index contributed by atoms with van der Waals surface area (Å²) in [6.07, 6.45) is 0.843. The van der Waals surface area contributed by atoms with Crippen molar-refractivity contribution in [2.75, 3.05) is 12.8 Å². The number of hydrogen-bond acceptors (Lipinski definition) is 7. The number of carbonyl (C=O) groups excluding carboxylic acids is 1. The number of esters is 1. The summed E-state index contributed by atoms with van der Waals surface area (Å²) in [7, 11) is 1.23. The fraction of sp³-hybridized carbons (Fsp3) is 0.200. The number of aromatic nitrogens is 1. The van der Waals surface area contributed by atoms with Crippen molar-refractivity contribution in [3.63, 3.8) is 0 Å². The van der Waals surface area contributed by atoms with Crippen molar-refractivity contribution in [3.05, 3.63) is 57.8 Å². The van der Waals surface area contributed by atoms with E-state index in [2.05, 4.69) is 4.98 Å². The van der Waals surface area contributed by atoms with Gasteiger partial charge in [-0.2, -0.15) is 0 Å². The lowest BCUT2D eigenvalue weighted by Crippen LogP contribution is -2.13. The predicted molar refractivity (Wildman–Crippen MR) is 82.1 cm³/mol. The monoisotopic (exact) mass is 317 g/mol. The molecule has 120 valence electrons. The molecule has 1 aromatic carbocycles. The van der Waals surface area contributed by atoms with Gasteiger partial charge in [-0.15, -0.1) is 0 Å². The van der Waals surface area contributed by atoms with E-state index in [1.807, 2.05) is 0 Å². The molecule has 0 bridgehead atoms. The summed E-state index contributed by atoms with van der Waals surface area (Å²) in [5, 5.41) is 11.0. The molecule has 23 heavy (non-hydrogen) atoms. The Bertz CT molecular complexity index is 748. The van der Waals surface area contributed by atoms with Gasteiger partial charge < -0.3 is 15.2 Å². The van der Waals surface area contributed by atoms with Crippen molar-refractivity contribution in [1.29, 1.82) is 0 Å². The highest BCUT2D eigenvalue weighted by Crippen LogP contribution is 2.29. The number of nitrogens with two attached hydrogens (primary N) is 1. The predicted octanol–water partition coefficient (Wildman–Crippen LogP) is 2.50. The quantitative estimate of drug-likeness (QED) is 0.511. The second-order valence-corrected chi connectivity index (χ2v) is 4.67. The van der Waals surface area contributed by atoms with Crippen LogP contribution in [0.15, 0.2) is 36.5 Å². The third-order valence-corrected chi connectivity index (χ3v) is 3.19. The molecule has 8 nitrogen and oxygen atoms in total. The average Bonchev–Trinajstić information content (AvgIpc) is 2.55. The number of methoxy groups -OCH3 is 1. The maximum atomic E-state index is 11.9. The van der Waals surface area contributed by atoms with E-state index in [0.29, 0.717) is 11.3 Å². The van der Waals surface area contributed by atoms with Gasteiger partial charge in [-0.3, -0.25) is 10.1 Å². The summed E-state index contributed by atoms with van der Waals surface area (Å²) in [6, 6.07) is 7.12. The lowest BCUT2D eigenvalue weighted by molar-refractivity contribution is -0.385. The number of nitro groups is 1. The Morgan fingerprint density at radius 1 is 1.39 bits per heavy atom. The van der Waals surface area contributed by atoms with Gasteiger partial charge in [-0.25, -0.2) is 9.78 Å². The minimum absolute atomic E-state index is 0.151. The van der Waals surface area contributed by atoms with Gasteiger partial charge in [0, 0.05) is 23.9 Å². The van der Waals surface area contributed by atoms with Crippen LogP contribution in [0.4, 0.5) is 11.5 Å². The number of nitro benzene ring substituents is 1. The van der Waals surface area contributed by atoms with Gasteiger partial charge in [0.1, 0.15) is 6.10 Å². The van der Waals surface area contributed by atoms with E-state index in [9.17, 15) is 14.9 Å². The van der Waals surface area contributed by atoms with E-state index < -0.39 is 17.0 Å². The molecule has 0 fully saturated rings. The van der Waals surface area contributed by atoms with Crippen LogP contribution in [-0.4, -0.2) is 23.0 Å². The maximum absolute atomic E-state index is 11.9. The maximum Gasteiger partial charge on any atom is 0.338 e. The normalized spacial score (nSPS) is 11.6. The molecular formula is C15H15N3O5. The molecule has 2 N–H and O–H groups in total. The fourth-order valence-corrected chi connectivity index (χ4v) is 2.05. The number of carbonyl (C=O) groups is 1. The zero-order valence-electron chi connectivity index (χ0n) is 12.6. The molecule has 0 amide bonds. The Balaban J connectivity index is 2.42. The first-order valence-corrected chi connectivity index (χ1v) is 6.67. The lowest BCUT2D eigenvalue weighted by Gasteiger charge is -2.18. The molecule has 1 aromatic heterocycles. The van der Waals surface area contributed by atoms with Crippen LogP contribution in [0.1, 0.15) is 28.9 Å². The number of nitrogen functional groups attached to an aromatic ring is 1. The Morgan fingerprint density at radius 2 is 2.13 bits per heavy atom. The van der Waals surface area contributed by atoms with Crippen molar-refractivity contribution in [3.8, 4) is 5.75 Å². The summed E-state index contributed by atoms with van der Waals surface area (Å²) in [5.41, 5.74) is 6.08. The molecule has 2 rings (SSSR count). The zero-order valence-corrected chi connectivity index (χ0v) is 12.6. The SMILES string of the molecule is COC(=O)c1ccc([N+](=O)[O-])cc1C(C)Oc1cccnc1N. The van der Waals surface area contributed by atoms with Gasteiger partial charge in [0.15, 0.2) is 11.6 Å². The first-order valence-electron chi connectivity index (χ1n) is 6.67. The summed E-state index contributed by atoms with van der Waals surface area (Å²) in [5.74, 6) is -0.101. The molecule has 8 heteroatoms. The van der Waals surface area contributed by atoms with Crippen molar-refractivity contribution in [2.24, 2.45) is 0 Å². The van der Waals surface area contributed by atoms with Crippen LogP contribution in [0, 0.1) is 10.1 Å². The first-order chi connectivity index (χ1) is 10.9. The summed E-state index contributed by atoms with van der Waals surface area (Å²) in [6.45, 7) is 1.65. The largest absolute Gasteiger partial charge is 0.482 e. The van der Waals surface area contributed by atoms with Gasteiger partial charge in [-0.05, 0) is 25.1 Å².